The van der Waals surface area contributed by atoms with Crippen molar-refractivity contribution in [2.24, 2.45) is 40.4 Å². The second kappa shape index (κ2) is 7.60. The number of fused-ring (bicyclic) bond motifs is 5. The number of hydrogen-bond donors (Lipinski definition) is 1. The molecule has 0 amide bonds. The Morgan fingerprint density at radius 3 is 2.28 bits per heavy atom. The van der Waals surface area contributed by atoms with E-state index < -0.39 is 0 Å². The lowest BCUT2D eigenvalue weighted by atomic mass is 9.43. The van der Waals surface area contributed by atoms with Gasteiger partial charge in [0.25, 0.3) is 0 Å². The van der Waals surface area contributed by atoms with Crippen molar-refractivity contribution >= 4 is 5.78 Å². The van der Waals surface area contributed by atoms with Crippen LogP contribution in [-0.2, 0) is 14.3 Å². The summed E-state index contributed by atoms with van der Waals surface area (Å²) in [6.45, 7) is 12.0. The predicted molar refractivity (Wildman–Crippen MR) is 113 cm³/mol. The summed E-state index contributed by atoms with van der Waals surface area (Å²) in [5.74, 6) is 2.28. The lowest BCUT2D eigenvalue weighted by molar-refractivity contribution is -0.242. The number of ketones is 1. The summed E-state index contributed by atoms with van der Waals surface area (Å²) < 4.78 is 12.1. The Balaban J connectivity index is 0.000000994. The molecule has 0 aromatic rings. The summed E-state index contributed by atoms with van der Waals surface area (Å²) >= 11 is 0. The number of ether oxygens (including phenoxy) is 2. The highest BCUT2D eigenvalue weighted by Gasteiger charge is 2.65. The lowest BCUT2D eigenvalue weighted by Crippen LogP contribution is -2.60. The molecule has 4 saturated carbocycles. The van der Waals surface area contributed by atoms with Gasteiger partial charge in [0.1, 0.15) is 5.78 Å². The van der Waals surface area contributed by atoms with E-state index in [-0.39, 0.29) is 28.6 Å². The first-order valence-corrected chi connectivity index (χ1v) is 12.3. The van der Waals surface area contributed by atoms with Crippen LogP contribution in [0.15, 0.2) is 0 Å². The van der Waals surface area contributed by atoms with Crippen LogP contribution >= 0.6 is 0 Å². The Morgan fingerprint density at radius 1 is 0.931 bits per heavy atom. The summed E-state index contributed by atoms with van der Waals surface area (Å²) in [4.78, 5) is 12.3. The number of carbonyl (C=O) groups is 1. The average molecular weight is 407 g/mol. The molecule has 5 aliphatic rings. The quantitative estimate of drug-likeness (QED) is 0.668. The third-order valence-electron chi connectivity index (χ3n) is 9.90. The smallest absolute Gasteiger partial charge is 0.168 e. The molecule has 4 heteroatoms. The third kappa shape index (κ3) is 3.15. The number of aliphatic hydroxyl groups excluding tert-OH is 1. The largest absolute Gasteiger partial charge is 0.393 e. The molecule has 0 bridgehead atoms. The van der Waals surface area contributed by atoms with Crippen molar-refractivity contribution in [1.29, 1.82) is 0 Å². The normalized spacial score (nSPS) is 50.1. The maximum absolute atomic E-state index is 12.3. The topological polar surface area (TPSA) is 55.8 Å². The molecule has 4 aliphatic carbocycles. The molecule has 0 radical (unpaired) electrons. The van der Waals surface area contributed by atoms with Crippen LogP contribution in [0.5, 0.6) is 0 Å². The summed E-state index contributed by atoms with van der Waals surface area (Å²) in [6, 6.07) is 0. The van der Waals surface area contributed by atoms with Crippen molar-refractivity contribution in [3.63, 3.8) is 0 Å². The van der Waals surface area contributed by atoms with E-state index in [0.717, 1.165) is 45.3 Å². The fourth-order valence-corrected chi connectivity index (χ4v) is 8.75. The van der Waals surface area contributed by atoms with E-state index >= 15 is 0 Å². The van der Waals surface area contributed by atoms with Crippen molar-refractivity contribution in [3.05, 3.63) is 0 Å². The second-order valence-corrected chi connectivity index (χ2v) is 10.9. The summed E-state index contributed by atoms with van der Waals surface area (Å²) in [5.41, 5.74) is 0.182. The van der Waals surface area contributed by atoms with Gasteiger partial charge < -0.3 is 14.6 Å². The Bertz CT molecular complexity index is 626. The Morgan fingerprint density at radius 2 is 1.62 bits per heavy atom. The van der Waals surface area contributed by atoms with Crippen LogP contribution in [-0.4, -0.2) is 36.0 Å². The molecule has 1 heterocycles. The van der Waals surface area contributed by atoms with Gasteiger partial charge >= 0.3 is 0 Å². The van der Waals surface area contributed by atoms with Crippen molar-refractivity contribution in [2.75, 3.05) is 13.2 Å². The molecule has 29 heavy (non-hydrogen) atoms. The first kappa shape index (κ1) is 21.8. The minimum atomic E-state index is -0.335. The van der Waals surface area contributed by atoms with Crippen LogP contribution in [0.1, 0.15) is 86.0 Å². The summed E-state index contributed by atoms with van der Waals surface area (Å²) in [7, 11) is 0. The molecule has 7 unspecified atom stereocenters. The van der Waals surface area contributed by atoms with Gasteiger partial charge in [-0.2, -0.15) is 0 Å². The van der Waals surface area contributed by atoms with E-state index in [2.05, 4.69) is 13.8 Å². The molecule has 5 fully saturated rings. The number of hydrogen-bond acceptors (Lipinski definition) is 4. The molecule has 1 aliphatic heterocycles. The highest BCUT2D eigenvalue weighted by molar-refractivity contribution is 5.79. The van der Waals surface area contributed by atoms with Gasteiger partial charge in [-0.05, 0) is 80.0 Å². The highest BCUT2D eigenvalue weighted by Crippen LogP contribution is 2.68. The number of rotatable bonds is 1. The second-order valence-electron chi connectivity index (χ2n) is 10.9. The number of aliphatic hydroxyl groups is 1. The van der Waals surface area contributed by atoms with Gasteiger partial charge in [-0.3, -0.25) is 4.79 Å². The lowest BCUT2D eigenvalue weighted by Gasteiger charge is -2.63. The van der Waals surface area contributed by atoms with Crippen LogP contribution in [0.3, 0.4) is 0 Å². The molecule has 0 aromatic carbocycles. The number of Topliss-reactive ketones (excluding diaryl/α,β-unsaturated/α-hetero) is 1. The zero-order chi connectivity index (χ0) is 21.0. The molecule has 1 N–H and O–H groups in total. The summed E-state index contributed by atoms with van der Waals surface area (Å²) in [6.07, 6.45) is 8.20. The first-order chi connectivity index (χ1) is 13.8. The SMILES string of the molecule is CC.CC(=O)C1CCC2C3CCC4CC5(CCC4(C)C3[C@@H](O)CC12C)OCCO5. The van der Waals surface area contributed by atoms with Gasteiger partial charge in [-0.1, -0.05) is 27.7 Å². The molecule has 0 aromatic heterocycles. The van der Waals surface area contributed by atoms with E-state index in [1.807, 2.05) is 13.8 Å². The maximum Gasteiger partial charge on any atom is 0.168 e. The van der Waals surface area contributed by atoms with E-state index in [1.165, 1.54) is 19.3 Å². The Labute approximate surface area is 177 Å². The van der Waals surface area contributed by atoms with Gasteiger partial charge in [0, 0.05) is 18.8 Å². The fourth-order valence-electron chi connectivity index (χ4n) is 8.75. The van der Waals surface area contributed by atoms with Gasteiger partial charge in [-0.25, -0.2) is 0 Å². The van der Waals surface area contributed by atoms with Crippen LogP contribution in [0.2, 0.25) is 0 Å². The Kier molecular flexibility index (Phi) is 5.71. The van der Waals surface area contributed by atoms with E-state index in [4.69, 9.17) is 9.47 Å². The van der Waals surface area contributed by atoms with Crippen molar-refractivity contribution in [2.45, 2.75) is 97.9 Å². The van der Waals surface area contributed by atoms with Crippen LogP contribution < -0.4 is 0 Å². The zero-order valence-electron chi connectivity index (χ0n) is 19.2. The monoisotopic (exact) mass is 406 g/mol. The van der Waals surface area contributed by atoms with Crippen molar-refractivity contribution < 1.29 is 19.4 Å². The van der Waals surface area contributed by atoms with Gasteiger partial charge in [0.2, 0.25) is 0 Å². The van der Waals surface area contributed by atoms with Crippen molar-refractivity contribution in [1.82, 2.24) is 0 Å². The van der Waals surface area contributed by atoms with Gasteiger partial charge in [0.05, 0.1) is 19.3 Å². The van der Waals surface area contributed by atoms with E-state index in [1.54, 1.807) is 6.92 Å². The van der Waals surface area contributed by atoms with Gasteiger partial charge in [0.15, 0.2) is 5.79 Å². The van der Waals surface area contributed by atoms with Gasteiger partial charge in [-0.15, -0.1) is 0 Å². The molecule has 4 nitrogen and oxygen atoms in total. The number of carbonyl (C=O) groups excluding carboxylic acids is 1. The molecule has 1 spiro atoms. The minimum absolute atomic E-state index is 0.00315. The molecular weight excluding hydrogens is 364 g/mol. The van der Waals surface area contributed by atoms with Crippen molar-refractivity contribution in [3.8, 4) is 0 Å². The highest BCUT2D eigenvalue weighted by atomic mass is 16.7. The zero-order valence-corrected chi connectivity index (χ0v) is 19.2. The molecular formula is C25H42O4. The molecule has 166 valence electrons. The van der Waals surface area contributed by atoms with E-state index in [9.17, 15) is 9.90 Å². The maximum atomic E-state index is 12.3. The minimum Gasteiger partial charge on any atom is -0.393 e. The fraction of sp³-hybridized carbons (Fsp3) is 0.960. The first-order valence-electron chi connectivity index (χ1n) is 12.3. The Hall–Kier alpha value is -0.450. The van der Waals surface area contributed by atoms with Crippen LogP contribution in [0.25, 0.3) is 0 Å². The van der Waals surface area contributed by atoms with E-state index in [0.29, 0.717) is 29.5 Å². The molecule has 5 rings (SSSR count). The predicted octanol–water partition coefficient (Wildman–Crippen LogP) is 4.97. The third-order valence-corrected chi connectivity index (χ3v) is 9.90. The average Bonchev–Trinajstić information content (AvgIpc) is 3.28. The summed E-state index contributed by atoms with van der Waals surface area (Å²) in [5, 5.41) is 11.4. The van der Waals surface area contributed by atoms with Crippen LogP contribution in [0, 0.1) is 40.4 Å². The molecule has 1 saturated heterocycles. The molecule has 8 atom stereocenters. The standard InChI is InChI=1S/C23H36O4.C2H6/c1-14(24)17-6-7-18-16-5-4-15-12-23(26-10-11-27-23)9-8-21(15,2)20(16)19(25)13-22(17,18)3;1-2/h15-20,25H,4-13H2,1-3H3;1-2H3/t15?,16?,17?,18?,19-,20?,21?,22?;/m0./s1. The van der Waals surface area contributed by atoms with Crippen LogP contribution in [0.4, 0.5) is 0 Å².